The van der Waals surface area contributed by atoms with Gasteiger partial charge in [-0.05, 0) is 11.6 Å². The number of nitrogens with zero attached hydrogens (tertiary/aromatic N) is 1. The molecule has 0 aromatic heterocycles. The zero-order valence-corrected chi connectivity index (χ0v) is 6.96. The Morgan fingerprint density at radius 1 is 1.46 bits per heavy atom. The SMILES string of the molecule is O=C1NCc2ccccc2N1CF. The minimum atomic E-state index is -0.789. The molecule has 0 saturated carbocycles. The third-order valence-electron chi connectivity index (χ3n) is 2.08. The number of hydrogen-bond donors (Lipinski definition) is 1. The summed E-state index contributed by atoms with van der Waals surface area (Å²) < 4.78 is 12.5. The Kier molecular flexibility index (Phi) is 1.88. The van der Waals surface area contributed by atoms with Gasteiger partial charge in [-0.2, -0.15) is 0 Å². The summed E-state index contributed by atoms with van der Waals surface area (Å²) in [7, 11) is 0. The van der Waals surface area contributed by atoms with E-state index >= 15 is 0 Å². The number of carbonyl (C=O) groups excluding carboxylic acids is 1. The third kappa shape index (κ3) is 1.24. The van der Waals surface area contributed by atoms with Crippen LogP contribution in [0.4, 0.5) is 14.9 Å². The molecule has 0 fully saturated rings. The molecule has 1 aromatic rings. The molecule has 1 aliphatic heterocycles. The summed E-state index contributed by atoms with van der Waals surface area (Å²) in [4.78, 5) is 12.2. The second kappa shape index (κ2) is 3.05. The monoisotopic (exact) mass is 180 g/mol. The van der Waals surface area contributed by atoms with Gasteiger partial charge >= 0.3 is 6.03 Å². The van der Waals surface area contributed by atoms with E-state index in [4.69, 9.17) is 0 Å². The summed E-state index contributed by atoms with van der Waals surface area (Å²) in [6, 6.07) is 6.90. The van der Waals surface area contributed by atoms with Crippen LogP contribution < -0.4 is 10.2 Å². The molecular formula is C9H9FN2O. The predicted octanol–water partition coefficient (Wildman–Crippen LogP) is 1.64. The molecule has 0 radical (unpaired) electrons. The molecule has 1 aromatic carbocycles. The van der Waals surface area contributed by atoms with Crippen LogP contribution in [0.5, 0.6) is 0 Å². The lowest BCUT2D eigenvalue weighted by Gasteiger charge is -2.27. The number of nitrogens with one attached hydrogen (secondary N) is 1. The van der Waals surface area contributed by atoms with Crippen molar-refractivity contribution in [3.8, 4) is 0 Å². The van der Waals surface area contributed by atoms with Crippen LogP contribution in [-0.2, 0) is 6.54 Å². The number of amides is 2. The Morgan fingerprint density at radius 2 is 2.23 bits per heavy atom. The van der Waals surface area contributed by atoms with Crippen LogP contribution in [0.1, 0.15) is 5.56 Å². The molecule has 1 N–H and O–H groups in total. The fourth-order valence-corrected chi connectivity index (χ4v) is 1.42. The van der Waals surface area contributed by atoms with Crippen molar-refractivity contribution in [3.63, 3.8) is 0 Å². The summed E-state index contributed by atoms with van der Waals surface area (Å²) in [6.45, 7) is -0.311. The number of rotatable bonds is 1. The largest absolute Gasteiger partial charge is 0.333 e. The Morgan fingerprint density at radius 3 is 3.00 bits per heavy atom. The second-order valence-corrected chi connectivity index (χ2v) is 2.83. The summed E-state index contributed by atoms with van der Waals surface area (Å²) in [5, 5.41) is 2.59. The number of hydrogen-bond acceptors (Lipinski definition) is 1. The molecule has 2 amide bonds. The first-order chi connectivity index (χ1) is 6.33. The normalized spacial score (nSPS) is 15.2. The minimum absolute atomic E-state index is 0.374. The van der Waals surface area contributed by atoms with Gasteiger partial charge in [-0.15, -0.1) is 0 Å². The van der Waals surface area contributed by atoms with Crippen molar-refractivity contribution < 1.29 is 9.18 Å². The first kappa shape index (κ1) is 8.04. The predicted molar refractivity (Wildman–Crippen MR) is 47.1 cm³/mol. The molecule has 0 spiro atoms. The molecule has 0 bridgehead atoms. The van der Waals surface area contributed by atoms with Crippen molar-refractivity contribution in [3.05, 3.63) is 29.8 Å². The highest BCUT2D eigenvalue weighted by Crippen LogP contribution is 2.23. The number of halogens is 1. The molecule has 1 heterocycles. The van der Waals surface area contributed by atoms with Gasteiger partial charge in [0, 0.05) is 6.54 Å². The summed E-state index contributed by atoms with van der Waals surface area (Å²) in [5.41, 5.74) is 1.61. The van der Waals surface area contributed by atoms with Crippen LogP contribution in [0.15, 0.2) is 24.3 Å². The van der Waals surface area contributed by atoms with Gasteiger partial charge in [0.2, 0.25) is 0 Å². The van der Waals surface area contributed by atoms with Gasteiger partial charge in [0.05, 0.1) is 5.69 Å². The van der Waals surface area contributed by atoms with Gasteiger partial charge in [0.25, 0.3) is 0 Å². The highest BCUT2D eigenvalue weighted by Gasteiger charge is 2.22. The van der Waals surface area contributed by atoms with Crippen molar-refractivity contribution in [1.82, 2.24) is 5.32 Å². The number of carbonyl (C=O) groups is 1. The van der Waals surface area contributed by atoms with Crippen LogP contribution in [0.3, 0.4) is 0 Å². The molecule has 13 heavy (non-hydrogen) atoms. The molecule has 0 unspecified atom stereocenters. The van der Waals surface area contributed by atoms with E-state index in [-0.39, 0.29) is 6.03 Å². The highest BCUT2D eigenvalue weighted by molar-refractivity contribution is 5.94. The molecule has 4 heteroatoms. The Balaban J connectivity index is 2.45. The van der Waals surface area contributed by atoms with Crippen molar-refractivity contribution in [2.75, 3.05) is 11.7 Å². The van der Waals surface area contributed by atoms with Gasteiger partial charge in [-0.3, -0.25) is 4.90 Å². The van der Waals surface area contributed by atoms with E-state index in [1.54, 1.807) is 12.1 Å². The Bertz CT molecular complexity index is 340. The lowest BCUT2D eigenvalue weighted by atomic mass is 10.1. The van der Waals surface area contributed by atoms with Gasteiger partial charge in [-0.1, -0.05) is 18.2 Å². The molecule has 3 nitrogen and oxygen atoms in total. The van der Waals surface area contributed by atoms with Crippen LogP contribution in [0, 0.1) is 0 Å². The van der Waals surface area contributed by atoms with Crippen LogP contribution in [-0.4, -0.2) is 12.8 Å². The molecule has 68 valence electrons. The van der Waals surface area contributed by atoms with E-state index in [0.717, 1.165) is 10.5 Å². The van der Waals surface area contributed by atoms with Crippen molar-refractivity contribution in [2.45, 2.75) is 6.54 Å². The number of benzene rings is 1. The molecular weight excluding hydrogens is 171 g/mol. The first-order valence-electron chi connectivity index (χ1n) is 4.02. The molecule has 1 aliphatic rings. The van der Waals surface area contributed by atoms with E-state index in [9.17, 15) is 9.18 Å². The van der Waals surface area contributed by atoms with Gasteiger partial charge < -0.3 is 5.32 Å². The summed E-state index contributed by atoms with van der Waals surface area (Å²) in [5.74, 6) is 0. The van der Waals surface area contributed by atoms with Crippen LogP contribution >= 0.6 is 0 Å². The lowest BCUT2D eigenvalue weighted by molar-refractivity contribution is 0.241. The zero-order valence-electron chi connectivity index (χ0n) is 6.96. The fourth-order valence-electron chi connectivity index (χ4n) is 1.42. The zero-order chi connectivity index (χ0) is 9.26. The van der Waals surface area contributed by atoms with E-state index in [2.05, 4.69) is 5.32 Å². The highest BCUT2D eigenvalue weighted by atomic mass is 19.1. The van der Waals surface area contributed by atoms with E-state index in [1.807, 2.05) is 12.1 Å². The average molecular weight is 180 g/mol. The smallest absolute Gasteiger partial charge is 0.324 e. The Hall–Kier alpha value is -1.58. The summed E-state index contributed by atoms with van der Waals surface area (Å²) >= 11 is 0. The standard InChI is InChI=1S/C9H9FN2O/c10-6-12-8-4-2-1-3-7(8)5-11-9(12)13/h1-4H,5-6H2,(H,11,13). The van der Waals surface area contributed by atoms with Crippen molar-refractivity contribution in [2.24, 2.45) is 0 Å². The number of para-hydroxylation sites is 1. The third-order valence-corrected chi connectivity index (χ3v) is 2.08. The van der Waals surface area contributed by atoms with E-state index < -0.39 is 6.80 Å². The molecule has 0 atom stereocenters. The minimum Gasteiger partial charge on any atom is -0.333 e. The Labute approximate surface area is 75.2 Å². The molecule has 0 saturated heterocycles. The second-order valence-electron chi connectivity index (χ2n) is 2.83. The maximum Gasteiger partial charge on any atom is 0.324 e. The van der Waals surface area contributed by atoms with Crippen LogP contribution in [0.25, 0.3) is 0 Å². The van der Waals surface area contributed by atoms with Crippen molar-refractivity contribution in [1.29, 1.82) is 0 Å². The van der Waals surface area contributed by atoms with E-state index in [1.165, 1.54) is 0 Å². The maximum absolute atomic E-state index is 12.5. The van der Waals surface area contributed by atoms with Gasteiger partial charge in [-0.25, -0.2) is 9.18 Å². The quantitative estimate of drug-likeness (QED) is 0.655. The first-order valence-corrected chi connectivity index (χ1v) is 4.02. The number of anilines is 1. The number of alkyl halides is 1. The molecule has 2 rings (SSSR count). The maximum atomic E-state index is 12.5. The fraction of sp³-hybridized carbons (Fsp3) is 0.222. The molecule has 0 aliphatic carbocycles. The van der Waals surface area contributed by atoms with E-state index in [0.29, 0.717) is 12.2 Å². The summed E-state index contributed by atoms with van der Waals surface area (Å²) in [6.07, 6.45) is 0. The lowest BCUT2D eigenvalue weighted by Crippen LogP contribution is -2.43. The average Bonchev–Trinajstić information content (AvgIpc) is 2.18. The van der Waals surface area contributed by atoms with Gasteiger partial charge in [0.1, 0.15) is 0 Å². The number of fused-ring (bicyclic) bond motifs is 1. The van der Waals surface area contributed by atoms with Crippen LogP contribution in [0.2, 0.25) is 0 Å². The van der Waals surface area contributed by atoms with Crippen molar-refractivity contribution >= 4 is 11.7 Å². The van der Waals surface area contributed by atoms with Gasteiger partial charge in [0.15, 0.2) is 6.80 Å². The number of urea groups is 1. The topological polar surface area (TPSA) is 32.3 Å².